The van der Waals surface area contributed by atoms with E-state index >= 15 is 0 Å². The van der Waals surface area contributed by atoms with Gasteiger partial charge in [0, 0.05) is 18.4 Å². The monoisotopic (exact) mass is 180 g/mol. The lowest BCUT2D eigenvalue weighted by Crippen LogP contribution is -2.16. The fraction of sp³-hybridized carbons (Fsp3) is 0.400. The first-order chi connectivity index (χ1) is 6.43. The third-order valence-electron chi connectivity index (χ3n) is 1.71. The number of H-pyrrole nitrogens is 1. The summed E-state index contributed by atoms with van der Waals surface area (Å²) in [6.07, 6.45) is 4.41. The minimum Gasteiger partial charge on any atom is -0.502 e. The van der Waals surface area contributed by atoms with Gasteiger partial charge in [0.2, 0.25) is 0 Å². The number of rotatable bonds is 7. The minimum absolute atomic E-state index is 0.737. The molecule has 0 atom stereocenters. The van der Waals surface area contributed by atoms with E-state index in [0.717, 1.165) is 26.1 Å². The molecule has 0 fully saturated rings. The SMILES string of the molecule is C=COCCCNCc1ccc[nH]1. The van der Waals surface area contributed by atoms with Gasteiger partial charge in [-0.15, -0.1) is 0 Å². The van der Waals surface area contributed by atoms with Crippen LogP contribution in [0.5, 0.6) is 0 Å². The van der Waals surface area contributed by atoms with Gasteiger partial charge in [-0.1, -0.05) is 6.58 Å². The van der Waals surface area contributed by atoms with Crippen LogP contribution in [0, 0.1) is 0 Å². The minimum atomic E-state index is 0.737. The first-order valence-corrected chi connectivity index (χ1v) is 4.49. The Balaban J connectivity index is 1.93. The summed E-state index contributed by atoms with van der Waals surface area (Å²) in [5, 5.41) is 3.30. The molecule has 2 N–H and O–H groups in total. The van der Waals surface area contributed by atoms with Gasteiger partial charge in [0.25, 0.3) is 0 Å². The van der Waals surface area contributed by atoms with Crippen molar-refractivity contribution >= 4 is 0 Å². The van der Waals surface area contributed by atoms with Crippen molar-refractivity contribution in [1.82, 2.24) is 10.3 Å². The maximum atomic E-state index is 4.99. The van der Waals surface area contributed by atoms with Crippen LogP contribution in [0.4, 0.5) is 0 Å². The van der Waals surface area contributed by atoms with Crippen LogP contribution in [0.25, 0.3) is 0 Å². The summed E-state index contributed by atoms with van der Waals surface area (Å²) in [4.78, 5) is 3.13. The van der Waals surface area contributed by atoms with Gasteiger partial charge >= 0.3 is 0 Å². The Morgan fingerprint density at radius 3 is 3.23 bits per heavy atom. The Bertz CT molecular complexity index is 219. The van der Waals surface area contributed by atoms with E-state index in [1.807, 2.05) is 12.3 Å². The molecule has 0 saturated heterocycles. The van der Waals surface area contributed by atoms with E-state index in [1.54, 1.807) is 0 Å². The summed E-state index contributed by atoms with van der Waals surface area (Å²) in [6, 6.07) is 4.06. The fourth-order valence-corrected chi connectivity index (χ4v) is 1.06. The van der Waals surface area contributed by atoms with Gasteiger partial charge in [-0.05, 0) is 25.1 Å². The number of hydrogen-bond donors (Lipinski definition) is 2. The maximum absolute atomic E-state index is 4.99. The highest BCUT2D eigenvalue weighted by atomic mass is 16.5. The summed E-state index contributed by atoms with van der Waals surface area (Å²) in [5.74, 6) is 0. The highest BCUT2D eigenvalue weighted by Crippen LogP contribution is 1.92. The Labute approximate surface area is 78.8 Å². The normalized spacial score (nSPS) is 9.85. The van der Waals surface area contributed by atoms with Crippen LogP contribution in [0.3, 0.4) is 0 Å². The largest absolute Gasteiger partial charge is 0.502 e. The molecule has 1 aromatic rings. The van der Waals surface area contributed by atoms with E-state index in [2.05, 4.69) is 22.9 Å². The molecule has 0 aliphatic carbocycles. The summed E-state index contributed by atoms with van der Waals surface area (Å²) in [5.41, 5.74) is 1.21. The van der Waals surface area contributed by atoms with Crippen LogP contribution in [0.2, 0.25) is 0 Å². The first-order valence-electron chi connectivity index (χ1n) is 4.49. The average Bonchev–Trinajstić information content (AvgIpc) is 2.63. The van der Waals surface area contributed by atoms with Crippen LogP contribution in [0.15, 0.2) is 31.2 Å². The first kappa shape index (κ1) is 9.86. The number of hydrogen-bond acceptors (Lipinski definition) is 2. The molecule has 0 aromatic carbocycles. The van der Waals surface area contributed by atoms with Crippen LogP contribution in [-0.2, 0) is 11.3 Å². The summed E-state index contributed by atoms with van der Waals surface area (Å²) < 4.78 is 4.99. The molecule has 0 aliphatic heterocycles. The molecular formula is C10H16N2O. The van der Waals surface area contributed by atoms with Crippen LogP contribution in [0.1, 0.15) is 12.1 Å². The molecule has 0 unspecified atom stereocenters. The Kier molecular flexibility index (Phi) is 4.79. The lowest BCUT2D eigenvalue weighted by molar-refractivity contribution is 0.244. The van der Waals surface area contributed by atoms with Gasteiger partial charge < -0.3 is 15.0 Å². The molecule has 0 spiro atoms. The smallest absolute Gasteiger partial charge is 0.0885 e. The van der Waals surface area contributed by atoms with Crippen molar-refractivity contribution in [3.63, 3.8) is 0 Å². The predicted octanol–water partition coefficient (Wildman–Crippen LogP) is 1.65. The van der Waals surface area contributed by atoms with E-state index in [-0.39, 0.29) is 0 Å². The second-order valence-corrected chi connectivity index (χ2v) is 2.76. The Hall–Kier alpha value is -1.22. The van der Waals surface area contributed by atoms with Crippen LogP contribution >= 0.6 is 0 Å². The Morgan fingerprint density at radius 2 is 2.54 bits per heavy atom. The molecule has 3 heteroatoms. The molecule has 0 amide bonds. The highest BCUT2D eigenvalue weighted by molar-refractivity contribution is 5.02. The summed E-state index contributed by atoms with van der Waals surface area (Å²) >= 11 is 0. The predicted molar refractivity (Wildman–Crippen MR) is 53.3 cm³/mol. The quantitative estimate of drug-likeness (QED) is 0.494. The molecule has 72 valence electrons. The third-order valence-corrected chi connectivity index (χ3v) is 1.71. The van der Waals surface area contributed by atoms with Crippen molar-refractivity contribution in [1.29, 1.82) is 0 Å². The van der Waals surface area contributed by atoms with Crippen LogP contribution in [-0.4, -0.2) is 18.1 Å². The van der Waals surface area contributed by atoms with E-state index in [4.69, 9.17) is 4.74 Å². The lowest BCUT2D eigenvalue weighted by atomic mass is 10.4. The molecule has 0 radical (unpaired) electrons. The van der Waals surface area contributed by atoms with Crippen LogP contribution < -0.4 is 5.32 Å². The van der Waals surface area contributed by atoms with E-state index in [1.165, 1.54) is 12.0 Å². The molecule has 1 rings (SSSR count). The van der Waals surface area contributed by atoms with Gasteiger partial charge in [0.05, 0.1) is 12.9 Å². The molecule has 13 heavy (non-hydrogen) atoms. The van der Waals surface area contributed by atoms with Crippen molar-refractivity contribution in [2.75, 3.05) is 13.2 Å². The zero-order valence-corrected chi connectivity index (χ0v) is 7.75. The van der Waals surface area contributed by atoms with E-state index in [0.29, 0.717) is 0 Å². The standard InChI is InChI=1S/C10H16N2O/c1-2-13-8-4-6-11-9-10-5-3-7-12-10/h2-3,5,7,11-12H,1,4,6,8-9H2. The maximum Gasteiger partial charge on any atom is 0.0885 e. The van der Waals surface area contributed by atoms with Gasteiger partial charge in [-0.2, -0.15) is 0 Å². The molecule has 1 heterocycles. The van der Waals surface area contributed by atoms with Crippen molar-refractivity contribution < 1.29 is 4.74 Å². The van der Waals surface area contributed by atoms with E-state index < -0.39 is 0 Å². The number of ether oxygens (including phenoxy) is 1. The number of nitrogens with one attached hydrogen (secondary N) is 2. The molecule has 0 saturated carbocycles. The Morgan fingerprint density at radius 1 is 1.62 bits per heavy atom. The van der Waals surface area contributed by atoms with Gasteiger partial charge in [-0.25, -0.2) is 0 Å². The van der Waals surface area contributed by atoms with Gasteiger partial charge in [0.15, 0.2) is 0 Å². The number of aromatic amines is 1. The van der Waals surface area contributed by atoms with Crippen molar-refractivity contribution in [3.8, 4) is 0 Å². The molecule has 1 aromatic heterocycles. The molecular weight excluding hydrogens is 164 g/mol. The summed E-state index contributed by atoms with van der Waals surface area (Å²) in [7, 11) is 0. The average molecular weight is 180 g/mol. The second kappa shape index (κ2) is 6.31. The zero-order chi connectivity index (χ0) is 9.36. The highest BCUT2D eigenvalue weighted by Gasteiger charge is 1.91. The van der Waals surface area contributed by atoms with E-state index in [9.17, 15) is 0 Å². The zero-order valence-electron chi connectivity index (χ0n) is 7.75. The van der Waals surface area contributed by atoms with Crippen molar-refractivity contribution in [3.05, 3.63) is 36.9 Å². The summed E-state index contributed by atoms with van der Waals surface area (Å²) in [6.45, 7) is 6.06. The number of aromatic nitrogens is 1. The third kappa shape index (κ3) is 4.38. The topological polar surface area (TPSA) is 37.0 Å². The lowest BCUT2D eigenvalue weighted by Gasteiger charge is -2.02. The van der Waals surface area contributed by atoms with Crippen molar-refractivity contribution in [2.45, 2.75) is 13.0 Å². The fourth-order valence-electron chi connectivity index (χ4n) is 1.06. The van der Waals surface area contributed by atoms with Gasteiger partial charge in [-0.3, -0.25) is 0 Å². The molecule has 0 bridgehead atoms. The van der Waals surface area contributed by atoms with Crippen molar-refractivity contribution in [2.24, 2.45) is 0 Å². The molecule has 3 nitrogen and oxygen atoms in total. The second-order valence-electron chi connectivity index (χ2n) is 2.76. The van der Waals surface area contributed by atoms with Gasteiger partial charge in [0.1, 0.15) is 0 Å². The molecule has 0 aliphatic rings.